The van der Waals surface area contributed by atoms with Crippen molar-refractivity contribution in [1.82, 2.24) is 19.8 Å². The van der Waals surface area contributed by atoms with E-state index in [4.69, 9.17) is 9.47 Å². The molecule has 2 aliphatic heterocycles. The van der Waals surface area contributed by atoms with Gasteiger partial charge in [-0.05, 0) is 74.2 Å². The normalized spacial score (nSPS) is 16.7. The lowest BCUT2D eigenvalue weighted by Gasteiger charge is -2.36. The first-order chi connectivity index (χ1) is 19.5. The predicted molar refractivity (Wildman–Crippen MR) is 164 cm³/mol. The van der Waals surface area contributed by atoms with Crippen molar-refractivity contribution in [3.05, 3.63) is 70.5 Å². The average molecular weight is 562 g/mol. The summed E-state index contributed by atoms with van der Waals surface area (Å²) >= 11 is 1.76. The fourth-order valence-corrected chi connectivity index (χ4v) is 6.98. The molecule has 0 saturated carbocycles. The molecule has 0 aliphatic carbocycles. The lowest BCUT2D eigenvalue weighted by Crippen LogP contribution is -2.46. The lowest BCUT2D eigenvalue weighted by molar-refractivity contribution is 0.188. The molecule has 1 saturated heterocycles. The van der Waals surface area contributed by atoms with Gasteiger partial charge in [-0.2, -0.15) is 0 Å². The highest BCUT2D eigenvalue weighted by Crippen LogP contribution is 2.40. The van der Waals surface area contributed by atoms with Crippen molar-refractivity contribution in [3.63, 3.8) is 0 Å². The first-order valence-corrected chi connectivity index (χ1v) is 15.5. The quantitative estimate of drug-likeness (QED) is 0.163. The monoisotopic (exact) mass is 561 g/mol. The van der Waals surface area contributed by atoms with Gasteiger partial charge in [0.2, 0.25) is 0 Å². The van der Waals surface area contributed by atoms with Crippen LogP contribution in [-0.4, -0.2) is 72.5 Å². The molecule has 3 heterocycles. The molecule has 5 rings (SSSR count). The van der Waals surface area contributed by atoms with Gasteiger partial charge in [0, 0.05) is 68.1 Å². The van der Waals surface area contributed by atoms with Gasteiger partial charge in [-0.1, -0.05) is 36.9 Å². The maximum Gasteiger partial charge on any atom is 0.187 e. The number of aryl methyl sites for hydroxylation is 2. The van der Waals surface area contributed by atoms with Crippen LogP contribution in [0.1, 0.15) is 53.9 Å². The summed E-state index contributed by atoms with van der Waals surface area (Å²) in [7, 11) is 3.41. The van der Waals surface area contributed by atoms with Crippen LogP contribution in [0.5, 0.6) is 11.5 Å². The topological polar surface area (TPSA) is 54.0 Å². The van der Waals surface area contributed by atoms with Crippen molar-refractivity contribution < 1.29 is 9.47 Å². The second kappa shape index (κ2) is 13.2. The highest BCUT2D eigenvalue weighted by atomic mass is 32.2. The largest absolute Gasteiger partial charge is 0.493 e. The van der Waals surface area contributed by atoms with E-state index >= 15 is 0 Å². The number of hydrogen-bond donors (Lipinski definition) is 0. The summed E-state index contributed by atoms with van der Waals surface area (Å²) in [6.45, 7) is 13.9. The molecule has 0 spiro atoms. The maximum absolute atomic E-state index is 5.70. The van der Waals surface area contributed by atoms with E-state index in [1.54, 1.807) is 26.0 Å². The van der Waals surface area contributed by atoms with Crippen LogP contribution in [0.15, 0.2) is 47.6 Å². The Balaban J connectivity index is 1.34. The van der Waals surface area contributed by atoms with E-state index in [0.29, 0.717) is 0 Å². The van der Waals surface area contributed by atoms with Crippen LogP contribution in [0.2, 0.25) is 0 Å². The van der Waals surface area contributed by atoms with Gasteiger partial charge in [0.15, 0.2) is 16.7 Å². The summed E-state index contributed by atoms with van der Waals surface area (Å²) in [5, 5.41) is 0.876. The van der Waals surface area contributed by atoms with Crippen molar-refractivity contribution in [2.24, 2.45) is 0 Å². The van der Waals surface area contributed by atoms with Crippen LogP contribution in [0.25, 0.3) is 0 Å². The van der Waals surface area contributed by atoms with Gasteiger partial charge >= 0.3 is 0 Å². The molecule has 7 nitrogen and oxygen atoms in total. The van der Waals surface area contributed by atoms with E-state index in [9.17, 15) is 0 Å². The molecule has 1 fully saturated rings. The highest BCUT2D eigenvalue weighted by molar-refractivity contribution is 7.99. The Hall–Kier alpha value is -2.81. The van der Waals surface area contributed by atoms with Crippen LogP contribution in [0, 0.1) is 13.8 Å². The highest BCUT2D eigenvalue weighted by Gasteiger charge is 2.30. The van der Waals surface area contributed by atoms with Crippen LogP contribution in [-0.2, 0) is 13.1 Å². The zero-order chi connectivity index (χ0) is 28.1. The summed E-state index contributed by atoms with van der Waals surface area (Å²) < 4.78 is 11.2. The molecule has 2 aliphatic rings. The number of piperazine rings is 1. The summed E-state index contributed by atoms with van der Waals surface area (Å²) in [4.78, 5) is 17.0. The van der Waals surface area contributed by atoms with E-state index < -0.39 is 0 Å². The number of thioether (sulfide) groups is 1. The lowest BCUT2D eigenvalue weighted by atomic mass is 10.00. The first kappa shape index (κ1) is 28.7. The number of aromatic nitrogens is 2. The van der Waals surface area contributed by atoms with E-state index in [2.05, 4.69) is 61.9 Å². The fraction of sp³-hybridized carbons (Fsp3) is 0.500. The van der Waals surface area contributed by atoms with Crippen LogP contribution in [0.3, 0.4) is 0 Å². The molecular formula is C32H43N5O2S. The Morgan fingerprint density at radius 2 is 1.65 bits per heavy atom. The van der Waals surface area contributed by atoms with Gasteiger partial charge < -0.3 is 19.3 Å². The summed E-state index contributed by atoms with van der Waals surface area (Å²) in [6, 6.07) is 15.6. The number of anilines is 1. The van der Waals surface area contributed by atoms with Crippen molar-refractivity contribution in [1.29, 1.82) is 0 Å². The number of nitrogens with zero attached hydrogens (tertiary/aromatic N) is 5. The van der Waals surface area contributed by atoms with Gasteiger partial charge in [-0.15, -0.1) is 0 Å². The zero-order valence-corrected chi connectivity index (χ0v) is 25.5. The molecule has 40 heavy (non-hydrogen) atoms. The maximum atomic E-state index is 5.70. The molecule has 2 aromatic carbocycles. The third-order valence-electron chi connectivity index (χ3n) is 8.19. The van der Waals surface area contributed by atoms with Gasteiger partial charge in [0.05, 0.1) is 14.2 Å². The molecule has 8 heteroatoms. The molecule has 0 N–H and O–H groups in total. The Kier molecular flexibility index (Phi) is 9.50. The molecule has 214 valence electrons. The van der Waals surface area contributed by atoms with Crippen molar-refractivity contribution >= 4 is 17.4 Å². The number of rotatable bonds is 11. The summed E-state index contributed by atoms with van der Waals surface area (Å²) in [6.07, 6.45) is 2.12. The van der Waals surface area contributed by atoms with Gasteiger partial charge in [0.25, 0.3) is 0 Å². The third kappa shape index (κ3) is 6.56. The number of methoxy groups -OCH3 is 2. The molecule has 1 aromatic heterocycles. The minimum absolute atomic E-state index is 0.276. The first-order valence-electron chi connectivity index (χ1n) is 14.5. The van der Waals surface area contributed by atoms with Gasteiger partial charge in [-0.3, -0.25) is 4.90 Å². The Bertz CT molecular complexity index is 1270. The zero-order valence-electron chi connectivity index (χ0n) is 24.7. The Labute approximate surface area is 243 Å². The van der Waals surface area contributed by atoms with Crippen LogP contribution in [0.4, 0.5) is 5.69 Å². The predicted octanol–water partition coefficient (Wildman–Crippen LogP) is 5.88. The molecule has 1 atom stereocenters. The Morgan fingerprint density at radius 3 is 2.35 bits per heavy atom. The van der Waals surface area contributed by atoms with Crippen molar-refractivity contribution in [3.8, 4) is 11.5 Å². The standard InChI is InChI=1S/C32H43N5O2S/c1-6-35-14-16-36(17-15-35)29-10-7-9-26-21-37(22-27(26)29)28(25-12-13-30(38-4)31(20-25)39-5)11-8-18-40-32-33-23(2)19-24(3)34-32/h7,9-10,12-13,19-20,28H,6,8,11,14-18,21-22H2,1-5H3/t28-/m1/s1. The van der Waals surface area contributed by atoms with Crippen LogP contribution >= 0.6 is 11.8 Å². The molecule has 0 bridgehead atoms. The number of hydrogen-bond acceptors (Lipinski definition) is 8. The number of fused-ring (bicyclic) bond motifs is 1. The Morgan fingerprint density at radius 1 is 0.900 bits per heavy atom. The van der Waals surface area contributed by atoms with Crippen molar-refractivity contribution in [2.45, 2.75) is 57.9 Å². The fourth-order valence-electron chi connectivity index (χ4n) is 6.07. The van der Waals surface area contributed by atoms with E-state index in [1.807, 2.05) is 26.0 Å². The molecule has 0 unspecified atom stereocenters. The minimum Gasteiger partial charge on any atom is -0.493 e. The summed E-state index contributed by atoms with van der Waals surface area (Å²) in [5.74, 6) is 2.54. The van der Waals surface area contributed by atoms with Crippen LogP contribution < -0.4 is 14.4 Å². The van der Waals surface area contributed by atoms with E-state index in [-0.39, 0.29) is 6.04 Å². The van der Waals surface area contributed by atoms with E-state index in [0.717, 1.165) is 92.5 Å². The van der Waals surface area contributed by atoms with E-state index in [1.165, 1.54) is 22.4 Å². The summed E-state index contributed by atoms with van der Waals surface area (Å²) in [5.41, 5.74) is 7.70. The SMILES string of the molecule is CCN1CCN(c2cccc3c2CN([C@H](CCCSc2nc(C)cc(C)n2)c2ccc(OC)c(OC)c2)C3)CC1. The molecule has 3 aromatic rings. The smallest absolute Gasteiger partial charge is 0.187 e. The number of benzene rings is 2. The third-order valence-corrected chi connectivity index (χ3v) is 9.12. The molecule has 0 amide bonds. The minimum atomic E-state index is 0.276. The second-order valence-electron chi connectivity index (χ2n) is 10.8. The average Bonchev–Trinajstić information content (AvgIpc) is 3.40. The molecular weight excluding hydrogens is 518 g/mol. The van der Waals surface area contributed by atoms with Gasteiger partial charge in [0.1, 0.15) is 0 Å². The second-order valence-corrected chi connectivity index (χ2v) is 11.9. The molecule has 0 radical (unpaired) electrons. The number of likely N-dealkylation sites (N-methyl/N-ethyl adjacent to an activating group) is 1. The van der Waals surface area contributed by atoms with Crippen molar-refractivity contribution in [2.75, 3.05) is 57.6 Å². The van der Waals surface area contributed by atoms with Gasteiger partial charge in [-0.25, -0.2) is 9.97 Å². The number of ether oxygens (including phenoxy) is 2.